The van der Waals surface area contributed by atoms with Gasteiger partial charge in [0.2, 0.25) is 5.91 Å². The van der Waals surface area contributed by atoms with Gasteiger partial charge in [0.15, 0.2) is 0 Å². The molecule has 1 amide bonds. The first-order valence-electron chi connectivity index (χ1n) is 5.56. The Labute approximate surface area is 99.8 Å². The number of rotatable bonds is 6. The van der Waals surface area contributed by atoms with E-state index < -0.39 is 11.9 Å². The molecule has 5 heteroatoms. The summed E-state index contributed by atoms with van der Waals surface area (Å²) in [4.78, 5) is 11.4. The molecule has 0 spiro atoms. The molecule has 3 N–H and O–H groups in total. The van der Waals surface area contributed by atoms with Crippen LogP contribution in [0.4, 0.5) is 10.1 Å². The van der Waals surface area contributed by atoms with Gasteiger partial charge in [-0.05, 0) is 18.6 Å². The highest BCUT2D eigenvalue weighted by Gasteiger charge is 2.06. The monoisotopic (exact) mass is 240 g/mol. The molecule has 94 valence electrons. The summed E-state index contributed by atoms with van der Waals surface area (Å²) in [7, 11) is 0. The van der Waals surface area contributed by atoms with E-state index in [1.807, 2.05) is 6.92 Å². The van der Waals surface area contributed by atoms with Crippen molar-refractivity contribution in [1.29, 1.82) is 0 Å². The molecule has 0 fully saturated rings. The highest BCUT2D eigenvalue weighted by molar-refractivity contribution is 5.92. The van der Waals surface area contributed by atoms with Crippen LogP contribution in [0.5, 0.6) is 0 Å². The molecule has 0 bridgehead atoms. The Hall–Kier alpha value is -1.46. The largest absolute Gasteiger partial charge is 0.392 e. The average Bonchev–Trinajstić information content (AvgIpc) is 2.32. The highest BCUT2D eigenvalue weighted by atomic mass is 19.1. The lowest BCUT2D eigenvalue weighted by atomic mass is 10.3. The van der Waals surface area contributed by atoms with Crippen LogP contribution >= 0.6 is 0 Å². The van der Waals surface area contributed by atoms with Crippen molar-refractivity contribution in [3.8, 4) is 0 Å². The second-order valence-corrected chi connectivity index (χ2v) is 3.72. The van der Waals surface area contributed by atoms with Gasteiger partial charge in [-0.15, -0.1) is 0 Å². The number of benzene rings is 1. The number of hydrogen-bond acceptors (Lipinski definition) is 3. The zero-order valence-electron chi connectivity index (χ0n) is 9.74. The van der Waals surface area contributed by atoms with Crippen molar-refractivity contribution in [2.75, 3.05) is 18.4 Å². The van der Waals surface area contributed by atoms with Gasteiger partial charge in [0.25, 0.3) is 0 Å². The van der Waals surface area contributed by atoms with Crippen molar-refractivity contribution in [3.63, 3.8) is 0 Å². The van der Waals surface area contributed by atoms with E-state index >= 15 is 0 Å². The number of halogens is 1. The summed E-state index contributed by atoms with van der Waals surface area (Å²) < 4.78 is 13.2. The Morgan fingerprint density at radius 1 is 1.47 bits per heavy atom. The SMILES string of the molecule is CCC(O)CNCC(=O)Nc1ccccc1F. The van der Waals surface area contributed by atoms with Gasteiger partial charge in [-0.25, -0.2) is 4.39 Å². The van der Waals surface area contributed by atoms with E-state index in [4.69, 9.17) is 0 Å². The molecule has 0 aliphatic rings. The molecule has 17 heavy (non-hydrogen) atoms. The van der Waals surface area contributed by atoms with Crippen LogP contribution in [0.25, 0.3) is 0 Å². The highest BCUT2D eigenvalue weighted by Crippen LogP contribution is 2.11. The van der Waals surface area contributed by atoms with E-state index in [2.05, 4.69) is 10.6 Å². The summed E-state index contributed by atoms with van der Waals surface area (Å²) in [5, 5.41) is 14.5. The first-order valence-corrected chi connectivity index (χ1v) is 5.56. The molecule has 1 atom stereocenters. The van der Waals surface area contributed by atoms with Gasteiger partial charge >= 0.3 is 0 Å². The van der Waals surface area contributed by atoms with Crippen molar-refractivity contribution in [3.05, 3.63) is 30.1 Å². The summed E-state index contributed by atoms with van der Waals surface area (Å²) in [6.07, 6.45) is 0.165. The van der Waals surface area contributed by atoms with Crippen molar-refractivity contribution in [1.82, 2.24) is 5.32 Å². The molecule has 0 aliphatic carbocycles. The number of anilines is 1. The molecule has 0 aliphatic heterocycles. The van der Waals surface area contributed by atoms with Crippen LogP contribution in [0, 0.1) is 5.82 Å². The first kappa shape index (κ1) is 13.6. The Morgan fingerprint density at radius 2 is 2.18 bits per heavy atom. The number of aliphatic hydroxyl groups is 1. The lowest BCUT2D eigenvalue weighted by Gasteiger charge is -2.10. The third-order valence-corrected chi connectivity index (χ3v) is 2.28. The zero-order valence-corrected chi connectivity index (χ0v) is 9.74. The van der Waals surface area contributed by atoms with Crippen molar-refractivity contribution in [2.45, 2.75) is 19.4 Å². The van der Waals surface area contributed by atoms with Crippen LogP contribution in [0.2, 0.25) is 0 Å². The Kier molecular flexibility index (Phi) is 5.59. The Bertz CT molecular complexity index is 371. The van der Waals surface area contributed by atoms with Gasteiger partial charge in [0, 0.05) is 6.54 Å². The fraction of sp³-hybridized carbons (Fsp3) is 0.417. The fourth-order valence-corrected chi connectivity index (χ4v) is 1.25. The minimum atomic E-state index is -0.463. The van der Waals surface area contributed by atoms with E-state index in [1.54, 1.807) is 12.1 Å². The normalized spacial score (nSPS) is 12.2. The maximum atomic E-state index is 13.2. The maximum absolute atomic E-state index is 13.2. The summed E-state index contributed by atoms with van der Waals surface area (Å²) in [5.74, 6) is -0.798. The fourth-order valence-electron chi connectivity index (χ4n) is 1.25. The number of aliphatic hydroxyl groups excluding tert-OH is 1. The second kappa shape index (κ2) is 6.98. The lowest BCUT2D eigenvalue weighted by Crippen LogP contribution is -2.33. The van der Waals surface area contributed by atoms with Crippen molar-refractivity contribution in [2.24, 2.45) is 0 Å². The summed E-state index contributed by atoms with van der Waals surface area (Å²) in [6, 6.07) is 5.98. The van der Waals surface area contributed by atoms with Gasteiger partial charge in [-0.3, -0.25) is 4.79 Å². The van der Waals surface area contributed by atoms with Gasteiger partial charge in [-0.2, -0.15) is 0 Å². The van der Waals surface area contributed by atoms with Crippen LogP contribution < -0.4 is 10.6 Å². The number of hydrogen-bond donors (Lipinski definition) is 3. The number of amides is 1. The molecule has 0 saturated carbocycles. The van der Waals surface area contributed by atoms with Gasteiger partial charge in [-0.1, -0.05) is 19.1 Å². The number of para-hydroxylation sites is 1. The second-order valence-electron chi connectivity index (χ2n) is 3.72. The summed E-state index contributed by atoms with van der Waals surface area (Å²) in [5.41, 5.74) is 0.162. The molecular weight excluding hydrogens is 223 g/mol. The quantitative estimate of drug-likeness (QED) is 0.698. The average molecular weight is 240 g/mol. The number of carbonyl (C=O) groups excluding carboxylic acids is 1. The minimum absolute atomic E-state index is 0.0470. The number of carbonyl (C=O) groups is 1. The van der Waals surface area contributed by atoms with Crippen molar-refractivity contribution < 1.29 is 14.3 Å². The third-order valence-electron chi connectivity index (χ3n) is 2.28. The molecule has 0 aromatic heterocycles. The van der Waals surface area contributed by atoms with Gasteiger partial charge in [0.05, 0.1) is 18.3 Å². The van der Waals surface area contributed by atoms with Crippen molar-refractivity contribution >= 4 is 11.6 Å². The topological polar surface area (TPSA) is 61.4 Å². The van der Waals surface area contributed by atoms with E-state index in [0.29, 0.717) is 13.0 Å². The van der Waals surface area contributed by atoms with Gasteiger partial charge < -0.3 is 15.7 Å². The van der Waals surface area contributed by atoms with Gasteiger partial charge in [0.1, 0.15) is 5.82 Å². The molecule has 1 rings (SSSR count). The molecule has 1 unspecified atom stereocenters. The van der Waals surface area contributed by atoms with Crippen LogP contribution in [0.1, 0.15) is 13.3 Å². The Morgan fingerprint density at radius 3 is 2.82 bits per heavy atom. The lowest BCUT2D eigenvalue weighted by molar-refractivity contribution is -0.115. The first-order chi connectivity index (χ1) is 8.13. The van der Waals surface area contributed by atoms with E-state index in [9.17, 15) is 14.3 Å². The minimum Gasteiger partial charge on any atom is -0.392 e. The molecule has 1 aromatic rings. The standard InChI is InChI=1S/C12H17FN2O2/c1-2-9(16)7-14-8-12(17)15-11-6-4-3-5-10(11)13/h3-6,9,14,16H,2,7-8H2,1H3,(H,15,17). The molecule has 0 radical (unpaired) electrons. The third kappa shape index (κ3) is 4.93. The van der Waals surface area contributed by atoms with E-state index in [1.165, 1.54) is 12.1 Å². The summed E-state index contributed by atoms with van der Waals surface area (Å²) in [6.45, 7) is 2.25. The molecular formula is C12H17FN2O2. The number of nitrogens with one attached hydrogen (secondary N) is 2. The smallest absolute Gasteiger partial charge is 0.238 e. The molecule has 4 nitrogen and oxygen atoms in total. The zero-order chi connectivity index (χ0) is 12.7. The molecule has 0 saturated heterocycles. The maximum Gasteiger partial charge on any atom is 0.238 e. The molecule has 0 heterocycles. The van der Waals surface area contributed by atoms with E-state index in [-0.39, 0.29) is 18.1 Å². The van der Waals surface area contributed by atoms with Crippen LogP contribution in [0.3, 0.4) is 0 Å². The van der Waals surface area contributed by atoms with Crippen LogP contribution in [-0.2, 0) is 4.79 Å². The predicted octanol–water partition coefficient (Wildman–Crippen LogP) is 1.12. The predicted molar refractivity (Wildman–Crippen MR) is 64.2 cm³/mol. The van der Waals surface area contributed by atoms with E-state index in [0.717, 1.165) is 0 Å². The van der Waals surface area contributed by atoms with Crippen LogP contribution in [0.15, 0.2) is 24.3 Å². The molecule has 1 aromatic carbocycles. The Balaban J connectivity index is 2.33. The van der Waals surface area contributed by atoms with Crippen LogP contribution in [-0.4, -0.2) is 30.2 Å². The summed E-state index contributed by atoms with van der Waals surface area (Å²) >= 11 is 0.